The molecule has 0 fully saturated rings. The summed E-state index contributed by atoms with van der Waals surface area (Å²) in [5.41, 5.74) is 0. The van der Waals surface area contributed by atoms with Crippen LogP contribution >= 0.6 is 0 Å². The Bertz CT molecular complexity index is 693. The summed E-state index contributed by atoms with van der Waals surface area (Å²) in [4.78, 5) is 13.7. The highest BCUT2D eigenvalue weighted by molar-refractivity contribution is 8.11. The Morgan fingerprint density at radius 1 is 1.42 bits per heavy atom. The molecule has 1 aromatic rings. The number of carbonyl (C=O) groups is 1. The fourth-order valence-corrected chi connectivity index (χ4v) is 2.47. The summed E-state index contributed by atoms with van der Waals surface area (Å²) in [6.45, 7) is -0.411. The number of aliphatic imine (C=N–C) groups is 1. The molecule has 100 valence electrons. The van der Waals surface area contributed by atoms with Crippen molar-refractivity contribution in [1.82, 2.24) is 0 Å². The van der Waals surface area contributed by atoms with Gasteiger partial charge in [-0.2, -0.15) is 0 Å². The average molecular weight is 285 g/mol. The Morgan fingerprint density at radius 3 is 2.74 bits per heavy atom. The first kappa shape index (κ1) is 13.2. The van der Waals surface area contributed by atoms with Gasteiger partial charge in [-0.3, -0.25) is 0 Å². The van der Waals surface area contributed by atoms with E-state index in [1.807, 2.05) is 0 Å². The fraction of sp³-hybridized carbons (Fsp3) is 0.0909. The van der Waals surface area contributed by atoms with Gasteiger partial charge in [0, 0.05) is 12.3 Å². The monoisotopic (exact) mass is 285 g/mol. The summed E-state index contributed by atoms with van der Waals surface area (Å²) in [6, 6.07) is 5.15. The Morgan fingerprint density at radius 2 is 2.16 bits per heavy atom. The summed E-state index contributed by atoms with van der Waals surface area (Å²) in [5, 5.41) is 7.72. The third kappa shape index (κ3) is 2.63. The zero-order chi connectivity index (χ0) is 14.0. The molecule has 1 heterocycles. The molecule has 0 radical (unpaired) electrons. The molecule has 0 amide bonds. The third-order valence-corrected chi connectivity index (χ3v) is 3.99. The second-order valence-electron chi connectivity index (χ2n) is 3.58. The van der Waals surface area contributed by atoms with E-state index in [1.165, 1.54) is 18.2 Å². The molecule has 0 unspecified atom stereocenters. The Balaban J connectivity index is 2.09. The lowest BCUT2D eigenvalue weighted by Gasteiger charge is -2.06. The van der Waals surface area contributed by atoms with Gasteiger partial charge in [-0.05, 0) is 12.1 Å². The summed E-state index contributed by atoms with van der Waals surface area (Å²) < 4.78 is 41.3. The Hall–Kier alpha value is -2.22. The van der Waals surface area contributed by atoms with Crippen molar-refractivity contribution in [2.24, 2.45) is 4.99 Å². The minimum absolute atomic E-state index is 0.139. The first-order chi connectivity index (χ1) is 8.91. The van der Waals surface area contributed by atoms with Crippen LogP contribution in [0.3, 0.4) is 0 Å². The van der Waals surface area contributed by atoms with E-state index in [0.29, 0.717) is 0 Å². The van der Waals surface area contributed by atoms with E-state index >= 15 is 0 Å². The van der Waals surface area contributed by atoms with E-state index < -0.39 is 33.3 Å². The molecule has 1 aliphatic heterocycles. The predicted molar refractivity (Wildman–Crippen MR) is 64.0 cm³/mol. The van der Waals surface area contributed by atoms with Crippen molar-refractivity contribution in [3.63, 3.8) is 0 Å². The number of sulfone groups is 1. The Labute approximate surface area is 107 Å². The van der Waals surface area contributed by atoms with Crippen LogP contribution in [0, 0.1) is 5.82 Å². The van der Waals surface area contributed by atoms with Crippen LogP contribution in [0.4, 0.5) is 4.39 Å². The topological polar surface area (TPSA) is 93.0 Å². The SMILES string of the molecule is O=C(O)C1=NC=C(COc2cccc(F)c2)S1(=O)=O. The molecule has 19 heavy (non-hydrogen) atoms. The fourth-order valence-electron chi connectivity index (χ4n) is 1.39. The highest BCUT2D eigenvalue weighted by atomic mass is 32.2. The largest absolute Gasteiger partial charge is 0.488 e. The van der Waals surface area contributed by atoms with Crippen LogP contribution < -0.4 is 4.74 Å². The molecular weight excluding hydrogens is 277 g/mol. The summed E-state index contributed by atoms with van der Waals surface area (Å²) in [5.74, 6) is -2.01. The zero-order valence-corrected chi connectivity index (χ0v) is 10.2. The molecule has 0 saturated carbocycles. The third-order valence-electron chi connectivity index (χ3n) is 2.29. The van der Waals surface area contributed by atoms with Crippen LogP contribution in [-0.2, 0) is 14.6 Å². The molecule has 1 aromatic carbocycles. The maximum atomic E-state index is 12.9. The van der Waals surface area contributed by atoms with Gasteiger partial charge in [0.2, 0.25) is 14.9 Å². The first-order valence-corrected chi connectivity index (χ1v) is 6.53. The average Bonchev–Trinajstić information content (AvgIpc) is 2.62. The quantitative estimate of drug-likeness (QED) is 0.889. The van der Waals surface area contributed by atoms with E-state index in [9.17, 15) is 17.6 Å². The van der Waals surface area contributed by atoms with Gasteiger partial charge in [-0.15, -0.1) is 0 Å². The number of halogens is 1. The highest BCUT2D eigenvalue weighted by Gasteiger charge is 2.35. The number of benzene rings is 1. The lowest BCUT2D eigenvalue weighted by Crippen LogP contribution is -2.24. The van der Waals surface area contributed by atoms with Crippen molar-refractivity contribution < 1.29 is 27.4 Å². The van der Waals surface area contributed by atoms with Crippen LogP contribution in [0.1, 0.15) is 0 Å². The molecule has 0 atom stereocenters. The van der Waals surface area contributed by atoms with Crippen LogP contribution in [0.5, 0.6) is 5.75 Å². The van der Waals surface area contributed by atoms with E-state index in [1.54, 1.807) is 0 Å². The lowest BCUT2D eigenvalue weighted by atomic mass is 10.3. The standard InChI is InChI=1S/C11H8FNO5S/c12-7-2-1-3-8(4-7)18-6-9-5-13-10(11(14)15)19(9,16)17/h1-5H,6H2,(H,14,15). The van der Waals surface area contributed by atoms with Crippen molar-refractivity contribution in [3.05, 3.63) is 41.2 Å². The predicted octanol–water partition coefficient (Wildman–Crippen LogP) is 0.957. The minimum Gasteiger partial charge on any atom is -0.488 e. The molecule has 1 N–H and O–H groups in total. The number of ether oxygens (including phenoxy) is 1. The summed E-state index contributed by atoms with van der Waals surface area (Å²) >= 11 is 0. The number of carboxylic acids is 1. The van der Waals surface area contributed by atoms with E-state index in [-0.39, 0.29) is 10.7 Å². The van der Waals surface area contributed by atoms with E-state index in [2.05, 4.69) is 4.99 Å². The molecule has 1 aliphatic rings. The molecule has 0 aliphatic carbocycles. The normalized spacial score (nSPS) is 16.7. The highest BCUT2D eigenvalue weighted by Crippen LogP contribution is 2.20. The van der Waals surface area contributed by atoms with Gasteiger partial charge in [0.25, 0.3) is 0 Å². The number of carboxylic acid groups (broad SMARTS) is 1. The maximum Gasteiger partial charge on any atom is 0.366 e. The molecule has 8 heteroatoms. The van der Waals surface area contributed by atoms with Crippen LogP contribution in [-0.4, -0.2) is 31.1 Å². The number of nitrogens with zero attached hydrogens (tertiary/aromatic N) is 1. The number of hydrogen-bond donors (Lipinski definition) is 1. The van der Waals surface area contributed by atoms with Crippen molar-refractivity contribution in [1.29, 1.82) is 0 Å². The van der Waals surface area contributed by atoms with Crippen molar-refractivity contribution in [3.8, 4) is 5.75 Å². The van der Waals surface area contributed by atoms with Crippen LogP contribution in [0.2, 0.25) is 0 Å². The van der Waals surface area contributed by atoms with Gasteiger partial charge in [0.15, 0.2) is 0 Å². The van der Waals surface area contributed by atoms with Gasteiger partial charge in [-0.1, -0.05) is 6.07 Å². The first-order valence-electron chi connectivity index (χ1n) is 5.05. The smallest absolute Gasteiger partial charge is 0.366 e. The second kappa shape index (κ2) is 4.81. The van der Waals surface area contributed by atoms with Crippen molar-refractivity contribution in [2.45, 2.75) is 0 Å². The summed E-state index contributed by atoms with van der Waals surface area (Å²) in [6.07, 6.45) is 0.915. The van der Waals surface area contributed by atoms with E-state index in [4.69, 9.17) is 9.84 Å². The van der Waals surface area contributed by atoms with Gasteiger partial charge in [-0.25, -0.2) is 22.6 Å². The molecular formula is C11H8FNO5S. The molecule has 2 rings (SSSR count). The van der Waals surface area contributed by atoms with Crippen LogP contribution in [0.25, 0.3) is 0 Å². The number of rotatable bonds is 4. The van der Waals surface area contributed by atoms with Crippen molar-refractivity contribution >= 4 is 20.9 Å². The summed E-state index contributed by atoms with van der Waals surface area (Å²) in [7, 11) is -4.11. The lowest BCUT2D eigenvalue weighted by molar-refractivity contribution is -0.129. The molecule has 0 bridgehead atoms. The molecule has 0 spiro atoms. The molecule has 0 aromatic heterocycles. The van der Waals surface area contributed by atoms with Crippen molar-refractivity contribution in [2.75, 3.05) is 6.61 Å². The minimum atomic E-state index is -4.11. The number of hydrogen-bond acceptors (Lipinski definition) is 5. The molecule has 0 saturated heterocycles. The second-order valence-corrected chi connectivity index (χ2v) is 5.50. The van der Waals surface area contributed by atoms with Gasteiger partial charge in [0.1, 0.15) is 23.1 Å². The maximum absolute atomic E-state index is 12.9. The number of aliphatic carboxylic acids is 1. The van der Waals surface area contributed by atoms with E-state index in [0.717, 1.165) is 12.3 Å². The Kier molecular flexibility index (Phi) is 3.34. The van der Waals surface area contributed by atoms with Gasteiger partial charge in [0.05, 0.1) is 0 Å². The zero-order valence-electron chi connectivity index (χ0n) is 9.41. The van der Waals surface area contributed by atoms with Crippen LogP contribution in [0.15, 0.2) is 40.4 Å². The molecule has 6 nitrogen and oxygen atoms in total. The van der Waals surface area contributed by atoms with Gasteiger partial charge < -0.3 is 9.84 Å². The van der Waals surface area contributed by atoms with Gasteiger partial charge >= 0.3 is 5.97 Å².